The van der Waals surface area contributed by atoms with Crippen LogP contribution in [0.3, 0.4) is 0 Å². The Kier molecular flexibility index (Phi) is 3.40. The highest BCUT2D eigenvalue weighted by atomic mass is 32.2. The van der Waals surface area contributed by atoms with E-state index in [-0.39, 0.29) is 5.75 Å². The summed E-state index contributed by atoms with van der Waals surface area (Å²) in [5, 5.41) is 8.97. The molecule has 1 aliphatic rings. The molecule has 1 heterocycles. The third kappa shape index (κ3) is 3.46. The van der Waals surface area contributed by atoms with Crippen molar-refractivity contribution in [2.24, 2.45) is 5.41 Å². The lowest BCUT2D eigenvalue weighted by molar-refractivity contribution is -0.147. The van der Waals surface area contributed by atoms with Crippen LogP contribution in [0.5, 0.6) is 0 Å². The maximum absolute atomic E-state index is 10.9. The van der Waals surface area contributed by atoms with E-state index < -0.39 is 21.2 Å². The lowest BCUT2D eigenvalue weighted by Gasteiger charge is -2.19. The highest BCUT2D eigenvalue weighted by Gasteiger charge is 2.40. The van der Waals surface area contributed by atoms with Gasteiger partial charge < -0.3 is 10.0 Å². The summed E-state index contributed by atoms with van der Waals surface area (Å²) in [6, 6.07) is 0. The molecule has 1 N–H and O–H groups in total. The van der Waals surface area contributed by atoms with Crippen LogP contribution in [0.2, 0.25) is 0 Å². The summed E-state index contributed by atoms with van der Waals surface area (Å²) in [5.74, 6) is -0.702. The summed E-state index contributed by atoms with van der Waals surface area (Å²) in [5.41, 5.74) is -0.711. The van der Waals surface area contributed by atoms with Gasteiger partial charge in [-0.2, -0.15) is 0 Å². The SMILES string of the molecule is CC1(C(=O)O)CCN(CCS(C)(=O)=O)C1. The van der Waals surface area contributed by atoms with E-state index in [1.165, 1.54) is 6.26 Å². The van der Waals surface area contributed by atoms with Crippen LogP contribution in [-0.4, -0.2) is 56.0 Å². The van der Waals surface area contributed by atoms with Crippen LogP contribution in [-0.2, 0) is 14.6 Å². The fourth-order valence-corrected chi connectivity index (χ4v) is 2.31. The molecule has 15 heavy (non-hydrogen) atoms. The Morgan fingerprint density at radius 2 is 2.13 bits per heavy atom. The van der Waals surface area contributed by atoms with Crippen molar-refractivity contribution in [3.05, 3.63) is 0 Å². The van der Waals surface area contributed by atoms with Gasteiger partial charge in [-0.05, 0) is 19.9 Å². The number of carboxylic acids is 1. The molecule has 0 aliphatic carbocycles. The van der Waals surface area contributed by atoms with Gasteiger partial charge in [0.1, 0.15) is 9.84 Å². The van der Waals surface area contributed by atoms with Crippen molar-refractivity contribution in [1.82, 2.24) is 4.90 Å². The van der Waals surface area contributed by atoms with E-state index in [4.69, 9.17) is 5.11 Å². The lowest BCUT2D eigenvalue weighted by Crippen LogP contribution is -2.33. The molecule has 1 atom stereocenters. The van der Waals surface area contributed by atoms with Gasteiger partial charge in [-0.25, -0.2) is 8.42 Å². The second kappa shape index (κ2) is 4.09. The molecule has 1 aliphatic heterocycles. The molecule has 0 saturated carbocycles. The van der Waals surface area contributed by atoms with E-state index in [1.54, 1.807) is 6.92 Å². The van der Waals surface area contributed by atoms with Gasteiger partial charge in [0.05, 0.1) is 11.2 Å². The van der Waals surface area contributed by atoms with Gasteiger partial charge in [0.2, 0.25) is 0 Å². The smallest absolute Gasteiger partial charge is 0.310 e. The third-order valence-electron chi connectivity index (χ3n) is 2.85. The molecule has 0 aromatic carbocycles. The standard InChI is InChI=1S/C9H17NO4S/c1-9(8(11)12)3-4-10(7-9)5-6-15(2,13)14/h3-7H2,1-2H3,(H,11,12). The van der Waals surface area contributed by atoms with Crippen LogP contribution in [0.1, 0.15) is 13.3 Å². The zero-order valence-corrected chi connectivity index (χ0v) is 9.88. The number of hydrogen-bond acceptors (Lipinski definition) is 4. The second-order valence-corrected chi connectivity index (χ2v) is 6.78. The van der Waals surface area contributed by atoms with Crippen LogP contribution in [0.15, 0.2) is 0 Å². The molecule has 0 aromatic rings. The Hall–Kier alpha value is -0.620. The van der Waals surface area contributed by atoms with Crippen molar-refractivity contribution in [3.63, 3.8) is 0 Å². The zero-order chi connectivity index (χ0) is 11.7. The first kappa shape index (κ1) is 12.4. The zero-order valence-electron chi connectivity index (χ0n) is 9.06. The van der Waals surface area contributed by atoms with Crippen LogP contribution in [0, 0.1) is 5.41 Å². The van der Waals surface area contributed by atoms with Gasteiger partial charge >= 0.3 is 5.97 Å². The monoisotopic (exact) mass is 235 g/mol. The maximum atomic E-state index is 10.9. The number of rotatable bonds is 4. The number of likely N-dealkylation sites (tertiary alicyclic amines) is 1. The molecule has 0 aromatic heterocycles. The quantitative estimate of drug-likeness (QED) is 0.732. The molecule has 0 radical (unpaired) electrons. The Balaban J connectivity index is 2.47. The molecular formula is C9H17NO4S. The summed E-state index contributed by atoms with van der Waals surface area (Å²) >= 11 is 0. The Morgan fingerprint density at radius 3 is 2.53 bits per heavy atom. The molecule has 5 nitrogen and oxygen atoms in total. The molecule has 0 bridgehead atoms. The first-order chi connectivity index (χ1) is 6.73. The van der Waals surface area contributed by atoms with Crippen LogP contribution < -0.4 is 0 Å². The molecular weight excluding hydrogens is 218 g/mol. The molecule has 1 unspecified atom stereocenters. The van der Waals surface area contributed by atoms with Gasteiger partial charge in [-0.1, -0.05) is 0 Å². The highest BCUT2D eigenvalue weighted by molar-refractivity contribution is 7.90. The molecule has 1 rings (SSSR count). The summed E-state index contributed by atoms with van der Waals surface area (Å²) in [4.78, 5) is 12.8. The van der Waals surface area contributed by atoms with E-state index in [2.05, 4.69) is 0 Å². The Morgan fingerprint density at radius 1 is 1.53 bits per heavy atom. The number of carboxylic acid groups (broad SMARTS) is 1. The first-order valence-electron chi connectivity index (χ1n) is 4.86. The van der Waals surface area contributed by atoms with Crippen molar-refractivity contribution < 1.29 is 18.3 Å². The van der Waals surface area contributed by atoms with Crippen molar-refractivity contribution in [2.45, 2.75) is 13.3 Å². The van der Waals surface area contributed by atoms with Crippen molar-refractivity contribution >= 4 is 15.8 Å². The first-order valence-corrected chi connectivity index (χ1v) is 6.92. The predicted molar refractivity (Wildman–Crippen MR) is 56.5 cm³/mol. The third-order valence-corrected chi connectivity index (χ3v) is 3.77. The van der Waals surface area contributed by atoms with Crippen LogP contribution in [0.4, 0.5) is 0 Å². The van der Waals surface area contributed by atoms with E-state index in [9.17, 15) is 13.2 Å². The Bertz CT molecular complexity index is 351. The second-order valence-electron chi connectivity index (χ2n) is 4.52. The number of sulfone groups is 1. The van der Waals surface area contributed by atoms with Crippen LogP contribution >= 0.6 is 0 Å². The molecule has 0 amide bonds. The average molecular weight is 235 g/mol. The summed E-state index contributed by atoms with van der Waals surface area (Å²) in [6.07, 6.45) is 1.78. The van der Waals surface area contributed by atoms with Gasteiger partial charge in [0.15, 0.2) is 0 Å². The summed E-state index contributed by atoms with van der Waals surface area (Å²) < 4.78 is 21.9. The number of nitrogens with zero attached hydrogens (tertiary/aromatic N) is 1. The van der Waals surface area contributed by atoms with Crippen molar-refractivity contribution in [1.29, 1.82) is 0 Å². The summed E-state index contributed by atoms with van der Waals surface area (Å²) in [7, 11) is -2.96. The summed E-state index contributed by atoms with van der Waals surface area (Å²) in [6.45, 7) is 3.24. The number of hydrogen-bond donors (Lipinski definition) is 1. The molecule has 1 fully saturated rings. The predicted octanol–water partition coefficient (Wildman–Crippen LogP) is -0.172. The number of aliphatic carboxylic acids is 1. The minimum atomic E-state index is -2.96. The highest BCUT2D eigenvalue weighted by Crippen LogP contribution is 2.29. The van der Waals surface area contributed by atoms with Gasteiger partial charge in [-0.15, -0.1) is 0 Å². The minimum absolute atomic E-state index is 0.0999. The maximum Gasteiger partial charge on any atom is 0.310 e. The Labute approximate surface area is 90.0 Å². The van der Waals surface area contributed by atoms with E-state index >= 15 is 0 Å². The molecule has 1 saturated heterocycles. The van der Waals surface area contributed by atoms with Gasteiger partial charge in [-0.3, -0.25) is 4.79 Å². The molecule has 6 heteroatoms. The van der Waals surface area contributed by atoms with Crippen molar-refractivity contribution in [2.75, 3.05) is 31.6 Å². The molecule has 88 valence electrons. The average Bonchev–Trinajstić information content (AvgIpc) is 2.44. The fourth-order valence-electron chi connectivity index (χ4n) is 1.72. The normalized spacial score (nSPS) is 28.1. The van der Waals surface area contributed by atoms with Gasteiger partial charge in [0.25, 0.3) is 0 Å². The largest absolute Gasteiger partial charge is 0.481 e. The number of carbonyl (C=O) groups is 1. The van der Waals surface area contributed by atoms with E-state index in [0.717, 1.165) is 0 Å². The van der Waals surface area contributed by atoms with E-state index in [0.29, 0.717) is 26.1 Å². The lowest BCUT2D eigenvalue weighted by atomic mass is 9.90. The van der Waals surface area contributed by atoms with E-state index in [1.807, 2.05) is 4.90 Å². The van der Waals surface area contributed by atoms with Crippen LogP contribution in [0.25, 0.3) is 0 Å². The molecule has 0 spiro atoms. The van der Waals surface area contributed by atoms with Gasteiger partial charge in [0, 0.05) is 19.3 Å². The topological polar surface area (TPSA) is 74.7 Å². The fraction of sp³-hybridized carbons (Fsp3) is 0.889. The van der Waals surface area contributed by atoms with Crippen molar-refractivity contribution in [3.8, 4) is 0 Å². The minimum Gasteiger partial charge on any atom is -0.481 e.